The van der Waals surface area contributed by atoms with E-state index in [0.717, 1.165) is 10.5 Å². The first-order valence-electron chi connectivity index (χ1n) is 27.3. The van der Waals surface area contributed by atoms with Crippen molar-refractivity contribution in [2.75, 3.05) is 7.05 Å². The monoisotopic (exact) mass is 1120 g/mol. The van der Waals surface area contributed by atoms with Gasteiger partial charge < -0.3 is 40.3 Å². The highest BCUT2D eigenvalue weighted by molar-refractivity contribution is 6.30. The molecule has 2 saturated heterocycles. The Bertz CT molecular complexity index is 2870. The van der Waals surface area contributed by atoms with Gasteiger partial charge >= 0.3 is 11.9 Å². The summed E-state index contributed by atoms with van der Waals surface area (Å²) in [5.74, 6) is -11.8. The second-order valence-corrected chi connectivity index (χ2v) is 22.2. The Morgan fingerprint density at radius 3 is 2.04 bits per heavy atom. The molecule has 2 bridgehead atoms. The SMILES string of the molecule is CC(C)[C@@H]1NC(=O)[C@H](Cc2ccccc2)N(C)C(=O)[C@H](Cc2ccc(Cl)cc2)N2C(=O)[C@H](CC[C@H]2O)CC(=O)[C@H](C2CC2)NC(=O)[C@@H](CC(=O)[C@H](Cc2cccc(F)c2)NC(=O)[C@H](C)CC(=O)OCc2ccccc2)[C@@H](C)OC1=O. The number of carbonyl (C=O) groups excluding carboxylic acids is 9. The van der Waals surface area contributed by atoms with E-state index in [0.29, 0.717) is 34.6 Å². The summed E-state index contributed by atoms with van der Waals surface area (Å²) in [4.78, 5) is 133. The minimum absolute atomic E-state index is 0.00610. The van der Waals surface area contributed by atoms with E-state index in [1.807, 2.05) is 6.07 Å². The first-order valence-corrected chi connectivity index (χ1v) is 27.7. The number of hydrogen-bond donors (Lipinski definition) is 4. The summed E-state index contributed by atoms with van der Waals surface area (Å²) < 4.78 is 26.1. The van der Waals surface area contributed by atoms with Crippen molar-refractivity contribution in [2.24, 2.45) is 29.6 Å². The first kappa shape index (κ1) is 60.3. The van der Waals surface area contributed by atoms with E-state index in [1.165, 1.54) is 44.0 Å². The molecule has 2 heterocycles. The molecule has 80 heavy (non-hydrogen) atoms. The van der Waals surface area contributed by atoms with Crippen molar-refractivity contribution in [2.45, 2.75) is 141 Å². The van der Waals surface area contributed by atoms with E-state index in [4.69, 9.17) is 21.1 Å². The third kappa shape index (κ3) is 16.2. The lowest BCUT2D eigenvalue weighted by atomic mass is 9.86. The molecular formula is C61H71ClFN5O12. The lowest BCUT2D eigenvalue weighted by molar-refractivity contribution is -0.167. The Morgan fingerprint density at radius 2 is 1.40 bits per heavy atom. The minimum Gasteiger partial charge on any atom is -0.461 e. The van der Waals surface area contributed by atoms with Crippen LogP contribution >= 0.6 is 11.6 Å². The summed E-state index contributed by atoms with van der Waals surface area (Å²) in [6.07, 6.45) is -3.59. The van der Waals surface area contributed by atoms with Gasteiger partial charge in [0.05, 0.1) is 24.4 Å². The van der Waals surface area contributed by atoms with Crippen LogP contribution in [0.3, 0.4) is 0 Å². The summed E-state index contributed by atoms with van der Waals surface area (Å²) in [6.45, 7) is 6.14. The zero-order valence-electron chi connectivity index (χ0n) is 45.7. The van der Waals surface area contributed by atoms with Gasteiger partial charge in [-0.05, 0) is 97.4 Å². The number of amides is 5. The number of esters is 2. The van der Waals surface area contributed by atoms with E-state index < -0.39 is 131 Å². The first-order chi connectivity index (χ1) is 38.2. The molecule has 19 heteroatoms. The molecule has 17 nitrogen and oxygen atoms in total. The smallest absolute Gasteiger partial charge is 0.329 e. The number of piperidine rings is 1. The number of nitrogens with one attached hydrogen (secondary N) is 3. The van der Waals surface area contributed by atoms with Gasteiger partial charge in [-0.15, -0.1) is 0 Å². The molecule has 1 aliphatic carbocycles. The number of rotatable bonds is 17. The fourth-order valence-electron chi connectivity index (χ4n) is 10.3. The lowest BCUT2D eigenvalue weighted by Crippen LogP contribution is -2.62. The zero-order chi connectivity index (χ0) is 57.8. The summed E-state index contributed by atoms with van der Waals surface area (Å²) in [5, 5.41) is 20.4. The number of hydrogen-bond acceptors (Lipinski definition) is 12. The fraction of sp³-hybridized carbons (Fsp3) is 0.459. The Balaban J connectivity index is 1.23. The predicted molar refractivity (Wildman–Crippen MR) is 293 cm³/mol. The van der Waals surface area contributed by atoms with E-state index in [9.17, 15) is 47.9 Å². The number of cyclic esters (lactones) is 1. The van der Waals surface area contributed by atoms with Crippen LogP contribution in [0.4, 0.5) is 4.39 Å². The number of ketones is 2. The van der Waals surface area contributed by atoms with Crippen molar-refractivity contribution in [1.82, 2.24) is 25.8 Å². The third-order valence-electron chi connectivity index (χ3n) is 15.3. The number of fused-ring (bicyclic) bond motifs is 2. The topological polar surface area (TPSA) is 235 Å². The number of nitrogens with zero attached hydrogens (tertiary/aromatic N) is 2. The second kappa shape index (κ2) is 27.7. The fourth-order valence-corrected chi connectivity index (χ4v) is 10.5. The molecule has 1 saturated carbocycles. The summed E-state index contributed by atoms with van der Waals surface area (Å²) in [5.41, 5.74) is 2.28. The molecule has 3 fully saturated rings. The number of carbonyl (C=O) groups is 9. The van der Waals surface area contributed by atoms with Crippen LogP contribution in [0.1, 0.15) is 94.9 Å². The zero-order valence-corrected chi connectivity index (χ0v) is 46.4. The maximum atomic E-state index is 15.2. The molecule has 5 amide bonds. The Kier molecular flexibility index (Phi) is 20.9. The van der Waals surface area contributed by atoms with Crippen LogP contribution < -0.4 is 16.0 Å². The molecule has 7 rings (SSSR count). The van der Waals surface area contributed by atoms with Crippen LogP contribution in [0.15, 0.2) is 109 Å². The van der Waals surface area contributed by atoms with Gasteiger partial charge in [0.25, 0.3) is 0 Å². The summed E-state index contributed by atoms with van der Waals surface area (Å²) >= 11 is 6.24. The molecule has 4 aromatic rings. The van der Waals surface area contributed by atoms with Crippen LogP contribution in [0.25, 0.3) is 0 Å². The average Bonchev–Trinajstić information content (AvgIpc) is 4.33. The molecule has 4 N–H and O–H groups in total. The number of ether oxygens (including phenoxy) is 2. The Labute approximate surface area is 470 Å². The highest BCUT2D eigenvalue weighted by Crippen LogP contribution is 2.36. The molecule has 426 valence electrons. The van der Waals surface area contributed by atoms with Crippen LogP contribution in [0, 0.1) is 35.4 Å². The van der Waals surface area contributed by atoms with Crippen molar-refractivity contribution in [3.8, 4) is 0 Å². The van der Waals surface area contributed by atoms with E-state index in [-0.39, 0.29) is 57.5 Å². The quantitative estimate of drug-likeness (QED) is 0.0888. The highest BCUT2D eigenvalue weighted by atomic mass is 35.5. The van der Waals surface area contributed by atoms with Gasteiger partial charge in [-0.2, -0.15) is 0 Å². The van der Waals surface area contributed by atoms with Crippen molar-refractivity contribution >= 4 is 64.6 Å². The van der Waals surface area contributed by atoms with Crippen LogP contribution in [0.2, 0.25) is 5.02 Å². The molecule has 3 aliphatic rings. The van der Waals surface area contributed by atoms with Crippen LogP contribution in [-0.4, -0.2) is 118 Å². The van der Waals surface area contributed by atoms with Crippen molar-refractivity contribution in [3.05, 3.63) is 142 Å². The standard InChI is InChI=1S/C61H71ClFN5O12/c1-35(2)54-61(78)80-37(4)46(33-50(69)47(29-41-17-12-18-45(63)28-41)64-56(73)36(3)27-53(72)79-34-40-15-10-7-11-16-40)57(74)66-55(42-21-22-42)51(70)32-43-23-26-52(71)68(59(43)76)49(31-39-19-24-44(62)25-20-39)60(77)67(5)48(58(75)65-54)30-38-13-8-6-9-14-38/h6-20,24-25,28,35-37,42-43,46-49,52,54-55,71H,21-23,26-27,29-34H2,1-5H3,(H,64,73)(H,65,75)(H,66,74)/t36-,37-,43-,46+,47+,48+,49+,52-,54+,55+/m1/s1. The maximum absolute atomic E-state index is 15.2. The van der Waals surface area contributed by atoms with Crippen molar-refractivity contribution in [1.29, 1.82) is 0 Å². The van der Waals surface area contributed by atoms with Gasteiger partial charge in [0.2, 0.25) is 29.5 Å². The number of benzene rings is 4. The molecule has 0 aromatic heterocycles. The van der Waals surface area contributed by atoms with Gasteiger partial charge in [0, 0.05) is 49.6 Å². The third-order valence-corrected chi connectivity index (χ3v) is 15.5. The van der Waals surface area contributed by atoms with Gasteiger partial charge in [-0.25, -0.2) is 9.18 Å². The summed E-state index contributed by atoms with van der Waals surface area (Å²) in [6, 6.07) is 23.1. The van der Waals surface area contributed by atoms with Crippen molar-refractivity contribution < 1.29 is 62.1 Å². The normalized spacial score (nSPS) is 24.3. The van der Waals surface area contributed by atoms with Gasteiger partial charge in [0.1, 0.15) is 42.9 Å². The number of Topliss-reactive ketones (excluding diaryl/α,β-unsaturated/α-hetero) is 2. The van der Waals surface area contributed by atoms with E-state index in [1.54, 1.807) is 98.8 Å². The van der Waals surface area contributed by atoms with Crippen molar-refractivity contribution in [3.63, 3.8) is 0 Å². The minimum atomic E-state index is -1.53. The average molecular weight is 1120 g/mol. The molecule has 0 radical (unpaired) electrons. The highest BCUT2D eigenvalue weighted by Gasteiger charge is 2.47. The molecule has 0 unspecified atom stereocenters. The largest absolute Gasteiger partial charge is 0.461 e. The van der Waals surface area contributed by atoms with Gasteiger partial charge in [0.15, 0.2) is 11.6 Å². The predicted octanol–water partition coefficient (Wildman–Crippen LogP) is 6.03. The van der Waals surface area contributed by atoms with E-state index in [2.05, 4.69) is 16.0 Å². The Hall–Kier alpha value is -7.31. The molecular weight excluding hydrogens is 1050 g/mol. The van der Waals surface area contributed by atoms with E-state index >= 15 is 4.79 Å². The van der Waals surface area contributed by atoms with Crippen LogP contribution in [0.5, 0.6) is 0 Å². The molecule has 0 spiro atoms. The van der Waals surface area contributed by atoms with Crippen LogP contribution in [-0.2, 0) is 78.5 Å². The summed E-state index contributed by atoms with van der Waals surface area (Å²) in [7, 11) is 1.41. The maximum Gasteiger partial charge on any atom is 0.329 e. The second-order valence-electron chi connectivity index (χ2n) is 21.8. The number of halogens is 2. The molecule has 10 atom stereocenters. The van der Waals surface area contributed by atoms with Gasteiger partial charge in [-0.3, -0.25) is 38.4 Å². The number of aliphatic hydroxyl groups is 1. The number of aliphatic hydroxyl groups excluding tert-OH is 1. The Morgan fingerprint density at radius 1 is 0.775 bits per heavy atom. The molecule has 4 aromatic carbocycles. The lowest BCUT2D eigenvalue weighted by Gasteiger charge is -2.43. The molecule has 2 aliphatic heterocycles. The number of likely N-dealkylation sites (N-methyl/N-ethyl adjacent to an activating group) is 1. The van der Waals surface area contributed by atoms with Gasteiger partial charge in [-0.1, -0.05) is 117 Å².